The van der Waals surface area contributed by atoms with Crippen LogP contribution in [0.15, 0.2) is 29.8 Å². The molecule has 220 valence electrons. The van der Waals surface area contributed by atoms with Gasteiger partial charge in [-0.05, 0) is 43.2 Å². The first-order valence-corrected chi connectivity index (χ1v) is 16.1. The molecule has 0 unspecified atom stereocenters. The number of carbonyl (C=O) groups is 3. The summed E-state index contributed by atoms with van der Waals surface area (Å²) in [7, 11) is 0. The number of unbranched alkanes of at least 4 members (excludes halogenated alkanes) is 3. The molecular formula is C30H43BrN4O4S. The molecule has 3 N–H and O–H groups in total. The third-order valence-corrected chi connectivity index (χ3v) is 8.89. The van der Waals surface area contributed by atoms with Crippen molar-refractivity contribution < 1.29 is 19.5 Å². The van der Waals surface area contributed by atoms with E-state index in [0.717, 1.165) is 52.7 Å². The number of amides is 3. The second-order valence-electron chi connectivity index (χ2n) is 11.7. The van der Waals surface area contributed by atoms with Crippen LogP contribution in [0.3, 0.4) is 0 Å². The van der Waals surface area contributed by atoms with E-state index in [4.69, 9.17) is 0 Å². The highest BCUT2D eigenvalue weighted by Crippen LogP contribution is 2.29. The highest BCUT2D eigenvalue weighted by Gasteiger charge is 2.44. The number of thiazole rings is 1. The number of hydrogen-bond donors (Lipinski definition) is 3. The lowest BCUT2D eigenvalue weighted by Gasteiger charge is -2.35. The molecule has 1 fully saturated rings. The van der Waals surface area contributed by atoms with Crippen LogP contribution in [-0.4, -0.2) is 62.8 Å². The lowest BCUT2D eigenvalue weighted by Crippen LogP contribution is -2.57. The average Bonchev–Trinajstić information content (AvgIpc) is 3.51. The summed E-state index contributed by atoms with van der Waals surface area (Å²) in [6.45, 7) is 9.63. The largest absolute Gasteiger partial charge is 0.391 e. The first-order valence-electron chi connectivity index (χ1n) is 14.1. The summed E-state index contributed by atoms with van der Waals surface area (Å²) < 4.78 is 0. The van der Waals surface area contributed by atoms with Crippen LogP contribution in [0, 0.1) is 12.3 Å². The smallest absolute Gasteiger partial charge is 0.246 e. The number of aromatic nitrogens is 1. The predicted molar refractivity (Wildman–Crippen MR) is 163 cm³/mol. The molecule has 40 heavy (non-hydrogen) atoms. The van der Waals surface area contributed by atoms with Crippen molar-refractivity contribution in [2.75, 3.05) is 11.9 Å². The number of halogens is 1. The molecule has 0 aliphatic carbocycles. The summed E-state index contributed by atoms with van der Waals surface area (Å²) in [5.41, 5.74) is 4.26. The highest BCUT2D eigenvalue weighted by molar-refractivity contribution is 9.09. The van der Waals surface area contributed by atoms with E-state index in [1.807, 2.05) is 64.4 Å². The molecule has 2 aromatic rings. The number of aliphatic hydroxyl groups excluding tert-OH is 1. The molecule has 4 atom stereocenters. The highest BCUT2D eigenvalue weighted by atomic mass is 79.9. The Labute approximate surface area is 250 Å². The molecule has 2 heterocycles. The van der Waals surface area contributed by atoms with Gasteiger partial charge in [0.1, 0.15) is 12.1 Å². The van der Waals surface area contributed by atoms with Gasteiger partial charge in [0.2, 0.25) is 17.7 Å². The number of carbonyl (C=O) groups excluding carboxylic acids is 3. The number of aryl methyl sites for hydroxylation is 1. The lowest BCUT2D eigenvalue weighted by molar-refractivity contribution is -0.144. The fraction of sp³-hybridized carbons (Fsp3) is 0.600. The normalized spacial score (nSPS) is 18.8. The molecule has 1 saturated heterocycles. The maximum absolute atomic E-state index is 13.7. The molecule has 1 aliphatic rings. The predicted octanol–water partition coefficient (Wildman–Crippen LogP) is 5.13. The van der Waals surface area contributed by atoms with E-state index in [2.05, 4.69) is 31.5 Å². The number of β-amino-alcohol motifs (C(OH)–C–C–N with tert-alkyl or cyclic N) is 1. The maximum atomic E-state index is 13.7. The van der Waals surface area contributed by atoms with Crippen LogP contribution in [0.25, 0.3) is 10.4 Å². The zero-order valence-electron chi connectivity index (χ0n) is 24.2. The van der Waals surface area contributed by atoms with E-state index in [1.54, 1.807) is 11.3 Å². The van der Waals surface area contributed by atoms with Crippen molar-refractivity contribution in [2.24, 2.45) is 5.41 Å². The van der Waals surface area contributed by atoms with Crippen molar-refractivity contribution in [3.05, 3.63) is 41.0 Å². The van der Waals surface area contributed by atoms with Gasteiger partial charge in [-0.2, -0.15) is 0 Å². The van der Waals surface area contributed by atoms with Crippen molar-refractivity contribution in [1.82, 2.24) is 20.5 Å². The summed E-state index contributed by atoms with van der Waals surface area (Å²) >= 11 is 5.01. The number of aliphatic hydroxyl groups is 1. The van der Waals surface area contributed by atoms with Crippen LogP contribution >= 0.6 is 27.3 Å². The van der Waals surface area contributed by atoms with Gasteiger partial charge in [0.15, 0.2) is 0 Å². The monoisotopic (exact) mass is 634 g/mol. The van der Waals surface area contributed by atoms with Crippen molar-refractivity contribution in [3.63, 3.8) is 0 Å². The van der Waals surface area contributed by atoms with Gasteiger partial charge in [0, 0.05) is 24.7 Å². The van der Waals surface area contributed by atoms with Crippen LogP contribution in [0.4, 0.5) is 0 Å². The van der Waals surface area contributed by atoms with E-state index in [-0.39, 0.29) is 36.7 Å². The summed E-state index contributed by atoms with van der Waals surface area (Å²) in [5.74, 6) is -0.821. The third-order valence-electron chi connectivity index (χ3n) is 7.35. The van der Waals surface area contributed by atoms with Crippen LogP contribution in [0.1, 0.15) is 83.5 Å². The van der Waals surface area contributed by atoms with Gasteiger partial charge in [-0.3, -0.25) is 14.4 Å². The van der Waals surface area contributed by atoms with Crippen LogP contribution in [0.2, 0.25) is 0 Å². The number of nitrogens with zero attached hydrogens (tertiary/aromatic N) is 2. The van der Waals surface area contributed by atoms with Gasteiger partial charge in [-0.1, -0.05) is 73.8 Å². The standard InChI is InChI=1S/C30H43BrN4O4S/c1-19(21-11-13-22(14-12-21)26-20(2)32-18-40-26)33-28(38)24-16-23(36)17-35(24)29(39)27(30(3,4)5)34-25(37)10-8-6-7-9-15-31/h11-14,18-19,23-24,27,36H,6-10,15-17H2,1-5H3,(H,33,38)(H,34,37)/t19-,23+,24-,27+/m0/s1. The van der Waals surface area contributed by atoms with Gasteiger partial charge in [0.05, 0.1) is 28.2 Å². The summed E-state index contributed by atoms with van der Waals surface area (Å²) in [6.07, 6.45) is 3.56. The molecule has 0 saturated carbocycles. The Kier molecular flexibility index (Phi) is 11.7. The third kappa shape index (κ3) is 8.60. The number of nitrogens with one attached hydrogen (secondary N) is 2. The summed E-state index contributed by atoms with van der Waals surface area (Å²) in [4.78, 5) is 46.7. The molecule has 10 heteroatoms. The number of likely N-dealkylation sites (tertiary alicyclic amines) is 1. The minimum absolute atomic E-state index is 0.0587. The first-order chi connectivity index (χ1) is 18.9. The maximum Gasteiger partial charge on any atom is 0.246 e. The van der Waals surface area contributed by atoms with Crippen molar-refractivity contribution in [2.45, 2.75) is 97.4 Å². The molecule has 3 rings (SSSR count). The Balaban J connectivity index is 1.65. The SMILES string of the molecule is Cc1ncsc1-c1ccc([C@H](C)NC(=O)[C@@H]2C[C@@H](O)CN2C(=O)[C@@H](NC(=O)CCCCCCBr)C(C)(C)C)cc1. The zero-order chi connectivity index (χ0) is 29.4. The van der Waals surface area contributed by atoms with Crippen LogP contribution < -0.4 is 10.6 Å². The molecular weight excluding hydrogens is 592 g/mol. The molecule has 1 aromatic heterocycles. The van der Waals surface area contributed by atoms with Gasteiger partial charge >= 0.3 is 0 Å². The molecule has 1 aliphatic heterocycles. The second-order valence-corrected chi connectivity index (χ2v) is 13.4. The van der Waals surface area contributed by atoms with E-state index in [1.165, 1.54) is 4.90 Å². The van der Waals surface area contributed by atoms with E-state index < -0.39 is 23.6 Å². The fourth-order valence-electron chi connectivity index (χ4n) is 4.98. The topological polar surface area (TPSA) is 112 Å². The first kappa shape index (κ1) is 32.2. The van der Waals surface area contributed by atoms with E-state index in [0.29, 0.717) is 6.42 Å². The molecule has 1 aromatic carbocycles. The minimum atomic E-state index is -0.810. The molecule has 8 nitrogen and oxygen atoms in total. The fourth-order valence-corrected chi connectivity index (χ4v) is 6.19. The van der Waals surface area contributed by atoms with Crippen molar-refractivity contribution >= 4 is 45.0 Å². The van der Waals surface area contributed by atoms with Crippen molar-refractivity contribution in [1.29, 1.82) is 0 Å². The van der Waals surface area contributed by atoms with Crippen molar-refractivity contribution in [3.8, 4) is 10.4 Å². The molecule has 0 bridgehead atoms. The summed E-state index contributed by atoms with van der Waals surface area (Å²) in [6, 6.07) is 6.10. The summed E-state index contributed by atoms with van der Waals surface area (Å²) in [5, 5.41) is 17.4. The number of rotatable bonds is 12. The molecule has 0 spiro atoms. The Morgan fingerprint density at radius 2 is 1.80 bits per heavy atom. The van der Waals surface area contributed by atoms with Crippen LogP contribution in [-0.2, 0) is 14.4 Å². The quantitative estimate of drug-likeness (QED) is 0.221. The van der Waals surface area contributed by atoms with Gasteiger partial charge < -0.3 is 20.6 Å². The Bertz CT molecular complexity index is 1150. The molecule has 3 amide bonds. The molecule has 0 radical (unpaired) electrons. The average molecular weight is 636 g/mol. The number of alkyl halides is 1. The Morgan fingerprint density at radius 1 is 1.12 bits per heavy atom. The van der Waals surface area contributed by atoms with E-state index >= 15 is 0 Å². The second kappa shape index (κ2) is 14.5. The zero-order valence-corrected chi connectivity index (χ0v) is 26.6. The van der Waals surface area contributed by atoms with Crippen LogP contribution in [0.5, 0.6) is 0 Å². The lowest BCUT2D eigenvalue weighted by atomic mass is 9.85. The number of hydrogen-bond acceptors (Lipinski definition) is 6. The van der Waals surface area contributed by atoms with E-state index in [9.17, 15) is 19.5 Å². The van der Waals surface area contributed by atoms with Gasteiger partial charge in [-0.25, -0.2) is 4.98 Å². The number of benzene rings is 1. The van der Waals surface area contributed by atoms with Gasteiger partial charge in [0.25, 0.3) is 0 Å². The Hall–Kier alpha value is -2.30. The minimum Gasteiger partial charge on any atom is -0.391 e. The Morgan fingerprint density at radius 3 is 2.40 bits per heavy atom. The van der Waals surface area contributed by atoms with Gasteiger partial charge in [-0.15, -0.1) is 11.3 Å².